The summed E-state index contributed by atoms with van der Waals surface area (Å²) in [6, 6.07) is 12.0. The van der Waals surface area contributed by atoms with E-state index in [1.165, 1.54) is 11.3 Å². The average Bonchev–Trinajstić information content (AvgIpc) is 2.90. The van der Waals surface area contributed by atoms with E-state index in [0.717, 1.165) is 26.0 Å². The van der Waals surface area contributed by atoms with Crippen LogP contribution in [0.5, 0.6) is 10.9 Å². The molecule has 0 unspecified atom stereocenters. The zero-order valence-corrected chi connectivity index (χ0v) is 12.8. The Bertz CT molecular complexity index is 731. The molecule has 0 aliphatic heterocycles. The number of hydrogen-bond donors (Lipinski definition) is 0. The zero-order chi connectivity index (χ0) is 13.2. The highest BCUT2D eigenvalue weighted by molar-refractivity contribution is 9.10. The number of aromatic nitrogens is 2. The third-order valence-electron chi connectivity index (χ3n) is 2.59. The maximum absolute atomic E-state index is 5.74. The van der Waals surface area contributed by atoms with Crippen LogP contribution in [0.2, 0.25) is 0 Å². The van der Waals surface area contributed by atoms with Crippen molar-refractivity contribution in [3.8, 4) is 10.9 Å². The first-order valence-corrected chi connectivity index (χ1v) is 7.66. The van der Waals surface area contributed by atoms with Gasteiger partial charge in [0.25, 0.3) is 5.19 Å². The molecule has 0 amide bonds. The van der Waals surface area contributed by atoms with Crippen LogP contribution in [0.15, 0.2) is 40.9 Å². The molecule has 0 fully saturated rings. The molecule has 0 aliphatic carbocycles. The molecule has 0 saturated heterocycles. The number of ether oxygens (including phenoxy) is 1. The van der Waals surface area contributed by atoms with Crippen molar-refractivity contribution in [3.63, 3.8) is 0 Å². The molecule has 0 radical (unpaired) electrons. The second-order valence-electron chi connectivity index (χ2n) is 3.80. The quantitative estimate of drug-likeness (QED) is 0.621. The van der Waals surface area contributed by atoms with Crippen LogP contribution in [-0.2, 0) is 5.88 Å². The van der Waals surface area contributed by atoms with E-state index in [2.05, 4.69) is 32.2 Å². The average molecular weight is 356 g/mol. The van der Waals surface area contributed by atoms with Crippen molar-refractivity contribution in [3.05, 3.63) is 45.9 Å². The van der Waals surface area contributed by atoms with Gasteiger partial charge < -0.3 is 4.74 Å². The molecule has 1 aromatic heterocycles. The molecule has 3 aromatic rings. The molecule has 0 saturated carbocycles. The molecule has 19 heavy (non-hydrogen) atoms. The van der Waals surface area contributed by atoms with E-state index in [9.17, 15) is 0 Å². The third kappa shape index (κ3) is 2.59. The van der Waals surface area contributed by atoms with Crippen LogP contribution in [0.25, 0.3) is 10.8 Å². The highest BCUT2D eigenvalue weighted by atomic mass is 79.9. The van der Waals surface area contributed by atoms with Crippen LogP contribution in [0, 0.1) is 0 Å². The molecular weight excluding hydrogens is 348 g/mol. The molecular formula is C13H8BrClN2OS. The van der Waals surface area contributed by atoms with Crippen molar-refractivity contribution < 1.29 is 4.74 Å². The van der Waals surface area contributed by atoms with Crippen LogP contribution in [0.1, 0.15) is 5.01 Å². The Hall–Kier alpha value is -1.17. The summed E-state index contributed by atoms with van der Waals surface area (Å²) in [5.41, 5.74) is 0. The molecule has 2 aromatic carbocycles. The van der Waals surface area contributed by atoms with Gasteiger partial charge >= 0.3 is 0 Å². The lowest BCUT2D eigenvalue weighted by Crippen LogP contribution is -1.86. The first kappa shape index (κ1) is 12.8. The van der Waals surface area contributed by atoms with E-state index in [4.69, 9.17) is 16.3 Å². The largest absolute Gasteiger partial charge is 0.429 e. The predicted molar refractivity (Wildman–Crippen MR) is 81.2 cm³/mol. The zero-order valence-electron chi connectivity index (χ0n) is 9.64. The second kappa shape index (κ2) is 5.45. The monoisotopic (exact) mass is 354 g/mol. The Morgan fingerprint density at radius 2 is 2.00 bits per heavy atom. The summed E-state index contributed by atoms with van der Waals surface area (Å²) in [6.45, 7) is 0. The summed E-state index contributed by atoms with van der Waals surface area (Å²) in [4.78, 5) is 0. The fourth-order valence-corrected chi connectivity index (χ4v) is 3.06. The van der Waals surface area contributed by atoms with Crippen LogP contribution in [-0.4, -0.2) is 10.2 Å². The van der Waals surface area contributed by atoms with Gasteiger partial charge in [-0.1, -0.05) is 46.8 Å². The number of fused-ring (bicyclic) bond motifs is 1. The highest BCUT2D eigenvalue weighted by Gasteiger charge is 2.10. The smallest absolute Gasteiger partial charge is 0.299 e. The molecule has 96 valence electrons. The molecule has 0 spiro atoms. The van der Waals surface area contributed by atoms with Crippen molar-refractivity contribution in [2.45, 2.75) is 5.88 Å². The Labute approximate surface area is 127 Å². The van der Waals surface area contributed by atoms with Gasteiger partial charge in [0.15, 0.2) is 0 Å². The van der Waals surface area contributed by atoms with Gasteiger partial charge in [-0.25, -0.2) is 0 Å². The standard InChI is InChI=1S/C13H8BrClN2OS/c14-12-9-4-2-1-3-8(9)5-6-10(12)18-13-17-16-11(7-15)19-13/h1-6H,7H2. The first-order chi connectivity index (χ1) is 9.28. The summed E-state index contributed by atoms with van der Waals surface area (Å²) in [5.74, 6) is 1.07. The number of alkyl halides is 1. The van der Waals surface area contributed by atoms with Crippen LogP contribution >= 0.6 is 38.9 Å². The van der Waals surface area contributed by atoms with Crippen molar-refractivity contribution in [1.29, 1.82) is 0 Å². The minimum atomic E-state index is 0.347. The third-order valence-corrected chi connectivity index (χ3v) is 4.62. The predicted octanol–water partition coefficient (Wildman–Crippen LogP) is 4.98. The van der Waals surface area contributed by atoms with Gasteiger partial charge in [0.1, 0.15) is 10.8 Å². The van der Waals surface area contributed by atoms with E-state index in [0.29, 0.717) is 11.1 Å². The summed E-state index contributed by atoms with van der Waals surface area (Å²) < 4.78 is 6.65. The van der Waals surface area contributed by atoms with Gasteiger partial charge in [0.2, 0.25) is 0 Å². The van der Waals surface area contributed by atoms with Gasteiger partial charge in [0.05, 0.1) is 10.4 Å². The molecule has 3 rings (SSSR count). The lowest BCUT2D eigenvalue weighted by Gasteiger charge is -2.07. The Morgan fingerprint density at radius 1 is 1.16 bits per heavy atom. The number of halogens is 2. The fourth-order valence-electron chi connectivity index (χ4n) is 1.72. The minimum Gasteiger partial charge on any atom is -0.429 e. The molecule has 6 heteroatoms. The van der Waals surface area contributed by atoms with Crippen LogP contribution in [0.4, 0.5) is 0 Å². The van der Waals surface area contributed by atoms with Crippen molar-refractivity contribution >= 4 is 49.6 Å². The van der Waals surface area contributed by atoms with Crippen molar-refractivity contribution in [2.75, 3.05) is 0 Å². The van der Waals surface area contributed by atoms with E-state index >= 15 is 0 Å². The van der Waals surface area contributed by atoms with Gasteiger partial charge in [-0.3, -0.25) is 0 Å². The van der Waals surface area contributed by atoms with Crippen molar-refractivity contribution in [2.24, 2.45) is 0 Å². The fraction of sp³-hybridized carbons (Fsp3) is 0.0769. The SMILES string of the molecule is ClCc1nnc(Oc2ccc3ccccc3c2Br)s1. The van der Waals surface area contributed by atoms with Crippen molar-refractivity contribution in [1.82, 2.24) is 10.2 Å². The number of nitrogens with zero attached hydrogens (tertiary/aromatic N) is 2. The maximum Gasteiger partial charge on any atom is 0.299 e. The number of benzene rings is 2. The number of rotatable bonds is 3. The molecule has 1 heterocycles. The van der Waals surface area contributed by atoms with Gasteiger partial charge in [0, 0.05) is 0 Å². The summed E-state index contributed by atoms with van der Waals surface area (Å²) in [6.07, 6.45) is 0. The second-order valence-corrected chi connectivity index (χ2v) is 5.88. The molecule has 0 bridgehead atoms. The van der Waals surface area contributed by atoms with Crippen LogP contribution in [0.3, 0.4) is 0 Å². The highest BCUT2D eigenvalue weighted by Crippen LogP contribution is 2.36. The van der Waals surface area contributed by atoms with E-state index in [1.54, 1.807) is 0 Å². The lowest BCUT2D eigenvalue weighted by atomic mass is 10.1. The van der Waals surface area contributed by atoms with E-state index in [1.807, 2.05) is 30.3 Å². The van der Waals surface area contributed by atoms with Crippen LogP contribution < -0.4 is 4.74 Å². The Morgan fingerprint density at radius 3 is 2.79 bits per heavy atom. The topological polar surface area (TPSA) is 35.0 Å². The van der Waals surface area contributed by atoms with Gasteiger partial charge in [-0.15, -0.1) is 16.7 Å². The molecule has 0 N–H and O–H groups in total. The first-order valence-electron chi connectivity index (χ1n) is 5.51. The normalized spacial score (nSPS) is 10.8. The summed E-state index contributed by atoms with van der Waals surface area (Å²) in [7, 11) is 0. The summed E-state index contributed by atoms with van der Waals surface area (Å²) in [5, 5.41) is 11.4. The molecule has 3 nitrogen and oxygen atoms in total. The van der Waals surface area contributed by atoms with E-state index < -0.39 is 0 Å². The Kier molecular flexibility index (Phi) is 3.68. The lowest BCUT2D eigenvalue weighted by molar-refractivity contribution is 0.471. The maximum atomic E-state index is 5.74. The molecule has 0 atom stereocenters. The van der Waals surface area contributed by atoms with E-state index in [-0.39, 0.29) is 0 Å². The van der Waals surface area contributed by atoms with Gasteiger partial charge in [-0.2, -0.15) is 0 Å². The van der Waals surface area contributed by atoms with Gasteiger partial charge in [-0.05, 0) is 32.8 Å². The Balaban J connectivity index is 1.98. The molecule has 0 aliphatic rings. The summed E-state index contributed by atoms with van der Waals surface area (Å²) >= 11 is 10.6. The minimum absolute atomic E-state index is 0.347. The number of hydrogen-bond acceptors (Lipinski definition) is 4.